The van der Waals surface area contributed by atoms with E-state index in [1.807, 2.05) is 42.0 Å². The second-order valence-corrected chi connectivity index (χ2v) is 5.23. The van der Waals surface area contributed by atoms with Crippen LogP contribution in [0.2, 0.25) is 5.02 Å². The molecule has 3 nitrogen and oxygen atoms in total. The van der Waals surface area contributed by atoms with Gasteiger partial charge >= 0.3 is 0 Å². The molecule has 1 aromatic carbocycles. The first-order valence-corrected chi connectivity index (χ1v) is 6.36. The van der Waals surface area contributed by atoms with Gasteiger partial charge in [-0.15, -0.1) is 0 Å². The average Bonchev–Trinajstić information content (AvgIpc) is 2.80. The Bertz CT molecular complexity index is 494. The lowest BCUT2D eigenvalue weighted by atomic mass is 9.96. The minimum Gasteiger partial charge on any atom is -0.388 e. The molecule has 0 saturated heterocycles. The molecule has 0 bridgehead atoms. The van der Waals surface area contributed by atoms with Gasteiger partial charge < -0.3 is 9.67 Å². The van der Waals surface area contributed by atoms with Crippen LogP contribution in [0.15, 0.2) is 43.0 Å². The van der Waals surface area contributed by atoms with Gasteiger partial charge in [-0.2, -0.15) is 0 Å². The van der Waals surface area contributed by atoms with Crippen molar-refractivity contribution in [3.63, 3.8) is 0 Å². The van der Waals surface area contributed by atoms with Crippen LogP contribution >= 0.6 is 11.6 Å². The highest BCUT2D eigenvalue weighted by Crippen LogP contribution is 2.21. The molecule has 0 saturated carbocycles. The summed E-state index contributed by atoms with van der Waals surface area (Å²) in [6.07, 6.45) is 6.70. The van der Waals surface area contributed by atoms with Crippen molar-refractivity contribution in [2.75, 3.05) is 0 Å². The summed E-state index contributed by atoms with van der Waals surface area (Å²) in [7, 11) is 0. The van der Waals surface area contributed by atoms with Crippen LogP contribution in [0, 0.1) is 0 Å². The Morgan fingerprint density at radius 1 is 1.39 bits per heavy atom. The molecule has 18 heavy (non-hydrogen) atoms. The molecule has 1 N–H and O–H groups in total. The van der Waals surface area contributed by atoms with Gasteiger partial charge in [0.25, 0.3) is 0 Å². The Morgan fingerprint density at radius 3 is 2.83 bits per heavy atom. The third-order valence-corrected chi connectivity index (χ3v) is 3.34. The highest BCUT2D eigenvalue weighted by molar-refractivity contribution is 6.31. The first-order valence-electron chi connectivity index (χ1n) is 5.98. The zero-order chi connectivity index (χ0) is 13.0. The second-order valence-electron chi connectivity index (χ2n) is 4.82. The number of benzene rings is 1. The smallest absolute Gasteiger partial charge is 0.0946 e. The summed E-state index contributed by atoms with van der Waals surface area (Å²) in [6.45, 7) is 2.38. The highest BCUT2D eigenvalue weighted by atomic mass is 35.5. The van der Waals surface area contributed by atoms with E-state index in [0.717, 1.165) is 17.0 Å². The van der Waals surface area contributed by atoms with Crippen LogP contribution in [0.1, 0.15) is 18.9 Å². The fourth-order valence-electron chi connectivity index (χ4n) is 1.96. The van der Waals surface area contributed by atoms with Crippen LogP contribution in [0.25, 0.3) is 0 Å². The van der Waals surface area contributed by atoms with Crippen LogP contribution < -0.4 is 0 Å². The zero-order valence-electron chi connectivity index (χ0n) is 10.4. The topological polar surface area (TPSA) is 38.0 Å². The molecular weight excluding hydrogens is 248 g/mol. The maximum atomic E-state index is 10.3. The molecule has 0 aliphatic heterocycles. The van der Waals surface area contributed by atoms with E-state index < -0.39 is 5.60 Å². The fourth-order valence-corrected chi connectivity index (χ4v) is 2.19. The summed E-state index contributed by atoms with van der Waals surface area (Å²) in [5.41, 5.74) is 0.310. The molecule has 0 fully saturated rings. The third-order valence-electron chi connectivity index (χ3n) is 2.97. The molecule has 0 aliphatic rings. The molecule has 96 valence electrons. The van der Waals surface area contributed by atoms with Crippen LogP contribution in [-0.2, 0) is 13.0 Å². The van der Waals surface area contributed by atoms with E-state index in [-0.39, 0.29) is 0 Å². The van der Waals surface area contributed by atoms with E-state index in [9.17, 15) is 5.11 Å². The van der Waals surface area contributed by atoms with E-state index in [4.69, 9.17) is 11.6 Å². The molecule has 2 rings (SSSR count). The number of halogens is 1. The fraction of sp³-hybridized carbons (Fsp3) is 0.357. The van der Waals surface area contributed by atoms with Crippen molar-refractivity contribution in [3.05, 3.63) is 53.6 Å². The van der Waals surface area contributed by atoms with Gasteiger partial charge in [-0.05, 0) is 31.4 Å². The van der Waals surface area contributed by atoms with Crippen molar-refractivity contribution in [2.45, 2.75) is 31.9 Å². The van der Waals surface area contributed by atoms with Gasteiger partial charge in [0, 0.05) is 17.4 Å². The summed E-state index contributed by atoms with van der Waals surface area (Å²) >= 11 is 6.10. The van der Waals surface area contributed by atoms with Gasteiger partial charge in [0.15, 0.2) is 0 Å². The molecule has 0 radical (unpaired) electrons. The lowest BCUT2D eigenvalue weighted by molar-refractivity contribution is 0.0334. The van der Waals surface area contributed by atoms with Crippen LogP contribution in [0.3, 0.4) is 0 Å². The lowest BCUT2D eigenvalue weighted by Crippen LogP contribution is -2.30. The quantitative estimate of drug-likeness (QED) is 0.902. The number of hydrogen-bond acceptors (Lipinski definition) is 2. The number of aryl methyl sites for hydroxylation is 1. The minimum atomic E-state index is -0.764. The molecule has 0 spiro atoms. The molecule has 1 atom stereocenters. The second kappa shape index (κ2) is 5.55. The lowest BCUT2D eigenvalue weighted by Gasteiger charge is -2.23. The van der Waals surface area contributed by atoms with Gasteiger partial charge in [0.1, 0.15) is 0 Å². The monoisotopic (exact) mass is 264 g/mol. The van der Waals surface area contributed by atoms with Crippen molar-refractivity contribution in [1.82, 2.24) is 9.55 Å². The predicted molar refractivity (Wildman–Crippen MR) is 72.6 cm³/mol. The molecule has 1 unspecified atom stereocenters. The number of hydrogen-bond donors (Lipinski definition) is 1. The Morgan fingerprint density at radius 2 is 2.17 bits per heavy atom. The number of nitrogens with zero attached hydrogens (tertiary/aromatic N) is 2. The average molecular weight is 265 g/mol. The number of aliphatic hydroxyl groups is 1. The molecule has 1 heterocycles. The summed E-state index contributed by atoms with van der Waals surface area (Å²) in [4.78, 5) is 3.97. The van der Waals surface area contributed by atoms with Crippen LogP contribution in [-0.4, -0.2) is 20.3 Å². The van der Waals surface area contributed by atoms with Crippen molar-refractivity contribution in [3.8, 4) is 0 Å². The van der Waals surface area contributed by atoms with Gasteiger partial charge in [-0.3, -0.25) is 0 Å². The molecule has 0 aliphatic carbocycles. The summed E-state index contributed by atoms with van der Waals surface area (Å²) in [5, 5.41) is 11.1. The molecule has 2 aromatic rings. The summed E-state index contributed by atoms with van der Waals surface area (Å²) in [5.74, 6) is 0. The molecular formula is C14H17ClN2O. The van der Waals surface area contributed by atoms with Crippen LogP contribution in [0.4, 0.5) is 0 Å². The standard InChI is InChI=1S/C14H17ClN2O/c1-14(18,10-17-9-8-16-11-17)7-6-12-4-2-3-5-13(12)15/h2-5,8-9,11,18H,6-7,10H2,1H3. The zero-order valence-corrected chi connectivity index (χ0v) is 11.1. The van der Waals surface area contributed by atoms with Gasteiger partial charge in [0.05, 0.1) is 18.5 Å². The Balaban J connectivity index is 1.95. The van der Waals surface area contributed by atoms with E-state index in [1.54, 1.807) is 12.5 Å². The van der Waals surface area contributed by atoms with Gasteiger partial charge in [-0.1, -0.05) is 29.8 Å². The van der Waals surface area contributed by atoms with Crippen molar-refractivity contribution in [2.24, 2.45) is 0 Å². The van der Waals surface area contributed by atoms with E-state index in [0.29, 0.717) is 13.0 Å². The Labute approximate surface area is 112 Å². The maximum absolute atomic E-state index is 10.3. The maximum Gasteiger partial charge on any atom is 0.0946 e. The molecule has 1 aromatic heterocycles. The summed E-state index contributed by atoms with van der Waals surface area (Å²) in [6, 6.07) is 7.75. The molecule has 0 amide bonds. The van der Waals surface area contributed by atoms with E-state index in [2.05, 4.69) is 4.98 Å². The SMILES string of the molecule is CC(O)(CCc1ccccc1Cl)Cn1ccnc1. The number of imidazole rings is 1. The van der Waals surface area contributed by atoms with Gasteiger partial charge in [-0.25, -0.2) is 4.98 Å². The largest absolute Gasteiger partial charge is 0.388 e. The Hall–Kier alpha value is -1.32. The Kier molecular flexibility index (Phi) is 4.04. The van der Waals surface area contributed by atoms with Crippen molar-refractivity contribution >= 4 is 11.6 Å². The first kappa shape index (κ1) is 13.1. The highest BCUT2D eigenvalue weighted by Gasteiger charge is 2.21. The minimum absolute atomic E-state index is 0.539. The van der Waals surface area contributed by atoms with Crippen LogP contribution in [0.5, 0.6) is 0 Å². The number of aromatic nitrogens is 2. The normalized spacial score (nSPS) is 14.4. The summed E-state index contributed by atoms with van der Waals surface area (Å²) < 4.78 is 1.88. The van der Waals surface area contributed by atoms with Crippen molar-refractivity contribution < 1.29 is 5.11 Å². The number of rotatable bonds is 5. The third kappa shape index (κ3) is 3.59. The predicted octanol–water partition coefficient (Wildman–Crippen LogP) is 2.92. The van der Waals surface area contributed by atoms with Gasteiger partial charge in [0.2, 0.25) is 0 Å². The molecule has 4 heteroatoms. The first-order chi connectivity index (χ1) is 8.57. The van der Waals surface area contributed by atoms with E-state index >= 15 is 0 Å². The van der Waals surface area contributed by atoms with E-state index in [1.165, 1.54) is 0 Å². The van der Waals surface area contributed by atoms with Crippen molar-refractivity contribution in [1.29, 1.82) is 0 Å².